The summed E-state index contributed by atoms with van der Waals surface area (Å²) < 4.78 is 7.67. The van der Waals surface area contributed by atoms with Gasteiger partial charge in [-0.15, -0.1) is 0 Å². The zero-order valence-corrected chi connectivity index (χ0v) is 16.8. The molecule has 2 bridgehead atoms. The van der Waals surface area contributed by atoms with Crippen molar-refractivity contribution in [2.75, 3.05) is 13.1 Å². The Bertz CT molecular complexity index is 1090. The number of halogens is 1. The molecule has 1 fully saturated rings. The first-order valence-corrected chi connectivity index (χ1v) is 10.4. The molecule has 0 amide bonds. The summed E-state index contributed by atoms with van der Waals surface area (Å²) in [7, 11) is 0. The van der Waals surface area contributed by atoms with Crippen molar-refractivity contribution < 1.29 is 9.52 Å². The van der Waals surface area contributed by atoms with E-state index in [1.54, 1.807) is 6.07 Å². The highest BCUT2D eigenvalue weighted by atomic mass is 35.5. The van der Waals surface area contributed by atoms with E-state index in [1.165, 1.54) is 0 Å². The van der Waals surface area contributed by atoms with E-state index in [0.29, 0.717) is 22.6 Å². The summed E-state index contributed by atoms with van der Waals surface area (Å²) in [6, 6.07) is 15.2. The van der Waals surface area contributed by atoms with Crippen molar-refractivity contribution in [2.45, 2.75) is 32.0 Å². The molecule has 0 spiro atoms. The van der Waals surface area contributed by atoms with E-state index < -0.39 is 0 Å². The van der Waals surface area contributed by atoms with Crippen LogP contribution in [0.1, 0.15) is 29.6 Å². The number of rotatable bonds is 4. The molecule has 2 aromatic heterocycles. The second-order valence-electron chi connectivity index (χ2n) is 8.11. The number of likely N-dealkylation sites (tertiary alicyclic amines) is 1. The van der Waals surface area contributed by atoms with Crippen LogP contribution in [-0.4, -0.2) is 27.7 Å². The van der Waals surface area contributed by atoms with E-state index in [0.717, 1.165) is 55.2 Å². The summed E-state index contributed by atoms with van der Waals surface area (Å²) in [5.74, 6) is 2.22. The van der Waals surface area contributed by atoms with Gasteiger partial charge in [-0.05, 0) is 48.2 Å². The van der Waals surface area contributed by atoms with Crippen molar-refractivity contribution in [1.82, 2.24) is 9.47 Å². The Labute approximate surface area is 174 Å². The molecule has 0 radical (unpaired) electrons. The Kier molecular flexibility index (Phi) is 4.82. The molecule has 3 aromatic rings. The third-order valence-corrected chi connectivity index (χ3v) is 6.33. The van der Waals surface area contributed by atoms with Crippen LogP contribution in [0, 0.1) is 5.92 Å². The van der Waals surface area contributed by atoms with E-state index in [4.69, 9.17) is 16.0 Å². The minimum atomic E-state index is -0.0774. The highest BCUT2D eigenvalue weighted by molar-refractivity contribution is 6.30. The molecule has 4 heterocycles. The van der Waals surface area contributed by atoms with Crippen LogP contribution >= 0.6 is 11.6 Å². The fraction of sp³-hybridized carbons (Fsp3) is 0.348. The molecule has 1 saturated heterocycles. The smallest absolute Gasteiger partial charge is 0.250 e. The van der Waals surface area contributed by atoms with Crippen LogP contribution in [0.5, 0.6) is 0 Å². The zero-order valence-electron chi connectivity index (χ0n) is 16.1. The lowest BCUT2D eigenvalue weighted by Crippen LogP contribution is -2.46. The summed E-state index contributed by atoms with van der Waals surface area (Å²) in [6.07, 6.45) is 1.10. The maximum absolute atomic E-state index is 12.6. The lowest BCUT2D eigenvalue weighted by atomic mass is 9.80. The number of furan rings is 1. The van der Waals surface area contributed by atoms with Crippen molar-refractivity contribution in [3.8, 4) is 11.1 Å². The molecule has 1 aromatic carbocycles. The van der Waals surface area contributed by atoms with E-state index >= 15 is 0 Å². The van der Waals surface area contributed by atoms with Crippen molar-refractivity contribution in [2.24, 2.45) is 5.92 Å². The normalized spacial score (nSPS) is 21.2. The largest absolute Gasteiger partial charge is 0.462 e. The van der Waals surface area contributed by atoms with E-state index in [1.807, 2.05) is 47.0 Å². The lowest BCUT2D eigenvalue weighted by Gasteiger charge is -2.43. The molecule has 0 aliphatic carbocycles. The summed E-state index contributed by atoms with van der Waals surface area (Å²) >= 11 is 6.07. The average molecular weight is 411 g/mol. The number of fused-ring (bicyclic) bond motifs is 4. The molecule has 2 aliphatic heterocycles. The molecule has 0 unspecified atom stereocenters. The van der Waals surface area contributed by atoms with Gasteiger partial charge in [0.1, 0.15) is 18.1 Å². The van der Waals surface area contributed by atoms with Gasteiger partial charge < -0.3 is 14.1 Å². The van der Waals surface area contributed by atoms with Crippen LogP contribution in [0.4, 0.5) is 0 Å². The first-order valence-electron chi connectivity index (χ1n) is 10.0. The highest BCUT2D eigenvalue weighted by Crippen LogP contribution is 2.40. The summed E-state index contributed by atoms with van der Waals surface area (Å²) in [6.45, 7) is 3.23. The SMILES string of the molecule is O=c1ccc(-c2ccc(Cl)cc2)c2n1C[C@H]1C[C@@H]2CN(Cc2ccc(CO)o2)C1. The van der Waals surface area contributed by atoms with Gasteiger partial charge in [0, 0.05) is 47.9 Å². The molecular formula is C23H23ClN2O3. The van der Waals surface area contributed by atoms with Gasteiger partial charge >= 0.3 is 0 Å². The van der Waals surface area contributed by atoms with E-state index in [-0.39, 0.29) is 12.2 Å². The molecule has 0 saturated carbocycles. The maximum Gasteiger partial charge on any atom is 0.250 e. The topological polar surface area (TPSA) is 58.6 Å². The second kappa shape index (κ2) is 7.48. The number of nitrogens with zero attached hydrogens (tertiary/aromatic N) is 2. The minimum absolute atomic E-state index is 0.0774. The van der Waals surface area contributed by atoms with Gasteiger partial charge in [0.25, 0.3) is 5.56 Å². The van der Waals surface area contributed by atoms with Gasteiger partial charge in [-0.1, -0.05) is 23.7 Å². The fourth-order valence-electron chi connectivity index (χ4n) is 4.93. The predicted octanol–water partition coefficient (Wildman–Crippen LogP) is 3.87. The lowest BCUT2D eigenvalue weighted by molar-refractivity contribution is 0.107. The van der Waals surface area contributed by atoms with Crippen LogP contribution in [-0.2, 0) is 19.7 Å². The van der Waals surface area contributed by atoms with Gasteiger partial charge in [0.2, 0.25) is 0 Å². The quantitative estimate of drug-likeness (QED) is 0.709. The third kappa shape index (κ3) is 3.54. The predicted molar refractivity (Wildman–Crippen MR) is 112 cm³/mol. The Morgan fingerprint density at radius 2 is 1.79 bits per heavy atom. The van der Waals surface area contributed by atoms with Gasteiger partial charge in [0.05, 0.1) is 6.54 Å². The Balaban J connectivity index is 1.48. The molecule has 2 aliphatic rings. The standard InChI is InChI=1S/C23H23ClN2O3/c24-18-3-1-16(2-4-18)21-7-8-22(28)26-11-15-9-17(23(21)26)12-25(10-15)13-19-5-6-20(14-27)29-19/h1-8,15,17,27H,9-14H2/t15-,17+/m0/s1. The molecule has 5 nitrogen and oxygen atoms in total. The monoisotopic (exact) mass is 410 g/mol. The average Bonchev–Trinajstić information content (AvgIpc) is 3.17. The molecule has 5 rings (SSSR count). The van der Waals surface area contributed by atoms with Crippen LogP contribution in [0.25, 0.3) is 11.1 Å². The fourth-order valence-corrected chi connectivity index (χ4v) is 5.06. The number of piperidine rings is 1. The number of hydrogen-bond acceptors (Lipinski definition) is 4. The number of aliphatic hydroxyl groups is 1. The Morgan fingerprint density at radius 3 is 2.55 bits per heavy atom. The van der Waals surface area contributed by atoms with Crippen LogP contribution in [0.2, 0.25) is 5.02 Å². The molecule has 29 heavy (non-hydrogen) atoms. The Morgan fingerprint density at radius 1 is 1.00 bits per heavy atom. The molecular weight excluding hydrogens is 388 g/mol. The van der Waals surface area contributed by atoms with Crippen molar-refractivity contribution in [1.29, 1.82) is 0 Å². The first kappa shape index (κ1) is 18.7. The third-order valence-electron chi connectivity index (χ3n) is 6.07. The molecule has 6 heteroatoms. The van der Waals surface area contributed by atoms with Gasteiger partial charge in [-0.3, -0.25) is 9.69 Å². The summed E-state index contributed by atoms with van der Waals surface area (Å²) in [5, 5.41) is 9.94. The van der Waals surface area contributed by atoms with Crippen molar-refractivity contribution in [3.63, 3.8) is 0 Å². The van der Waals surface area contributed by atoms with Crippen LogP contribution < -0.4 is 5.56 Å². The molecule has 150 valence electrons. The summed E-state index contributed by atoms with van der Waals surface area (Å²) in [5.41, 5.74) is 3.43. The number of benzene rings is 1. The van der Waals surface area contributed by atoms with Crippen LogP contribution in [0.15, 0.2) is 57.7 Å². The Hall–Kier alpha value is -2.34. The number of aromatic nitrogens is 1. The van der Waals surface area contributed by atoms with Gasteiger partial charge in [-0.2, -0.15) is 0 Å². The highest BCUT2D eigenvalue weighted by Gasteiger charge is 2.36. The van der Waals surface area contributed by atoms with Gasteiger partial charge in [0.15, 0.2) is 0 Å². The van der Waals surface area contributed by atoms with E-state index in [9.17, 15) is 9.90 Å². The van der Waals surface area contributed by atoms with Crippen molar-refractivity contribution >= 4 is 11.6 Å². The number of aliphatic hydroxyl groups excluding tert-OH is 1. The first-order chi connectivity index (χ1) is 14.1. The van der Waals surface area contributed by atoms with Crippen LogP contribution in [0.3, 0.4) is 0 Å². The second-order valence-corrected chi connectivity index (χ2v) is 8.54. The maximum atomic E-state index is 12.6. The zero-order chi connectivity index (χ0) is 20.0. The van der Waals surface area contributed by atoms with Gasteiger partial charge in [-0.25, -0.2) is 0 Å². The molecule has 2 atom stereocenters. The number of hydrogen-bond donors (Lipinski definition) is 1. The minimum Gasteiger partial charge on any atom is -0.462 e. The molecule has 1 N–H and O–H groups in total. The van der Waals surface area contributed by atoms with E-state index in [2.05, 4.69) is 4.90 Å². The van der Waals surface area contributed by atoms with Crippen molar-refractivity contribution in [3.05, 3.63) is 81.1 Å². The summed E-state index contributed by atoms with van der Waals surface area (Å²) in [4.78, 5) is 15.0. The number of pyridine rings is 1.